The van der Waals surface area contributed by atoms with Gasteiger partial charge in [0, 0.05) is 0 Å². The Morgan fingerprint density at radius 1 is 0.833 bits per heavy atom. The molecule has 0 saturated carbocycles. The van der Waals surface area contributed by atoms with Gasteiger partial charge in [0.1, 0.15) is 0 Å². The molecule has 0 amide bonds. The van der Waals surface area contributed by atoms with Gasteiger partial charge >= 0.3 is 52.6 Å². The first-order valence-corrected chi connectivity index (χ1v) is 0.816. The van der Waals surface area contributed by atoms with Crippen LogP contribution in [0.3, 0.4) is 0 Å². The van der Waals surface area contributed by atoms with Crippen LogP contribution in [0.5, 0.6) is 0 Å². The predicted molar refractivity (Wildman–Crippen MR) is 24.8 cm³/mol. The molecule has 0 rings (SSSR count). The third-order valence-electron chi connectivity index (χ3n) is 0. The molecule has 30 valence electrons. The Morgan fingerprint density at radius 3 is 0.833 bits per heavy atom. The summed E-state index contributed by atoms with van der Waals surface area (Å²) in [7, 11) is 1.50. The first-order valence-electron chi connectivity index (χ1n) is 0.816. The Morgan fingerprint density at radius 2 is 0.833 bits per heavy atom. The Bertz CT molecular complexity index is 11.5. The summed E-state index contributed by atoms with van der Waals surface area (Å²) in [5.74, 6) is 0. The molecule has 0 fully saturated rings. The summed E-state index contributed by atoms with van der Waals surface area (Å²) in [5.41, 5.74) is 0. The van der Waals surface area contributed by atoms with Crippen molar-refractivity contribution in [2.75, 3.05) is 14.2 Å². The van der Waals surface area contributed by atoms with E-state index in [0.29, 0.717) is 0 Å². The van der Waals surface area contributed by atoms with Crippen molar-refractivity contribution in [2.45, 2.75) is 0 Å². The van der Waals surface area contributed by atoms with Crippen LogP contribution in [0.2, 0.25) is 0 Å². The molecule has 0 unspecified atom stereocenters. The van der Waals surface area contributed by atoms with Crippen LogP contribution in [0.4, 0.5) is 0 Å². The van der Waals surface area contributed by atoms with E-state index in [1.54, 1.807) is 0 Å². The van der Waals surface area contributed by atoms with E-state index < -0.39 is 0 Å². The second-order valence-electron chi connectivity index (χ2n) is 0. The topological polar surface area (TPSA) is 46.1 Å². The molecule has 0 bridgehead atoms. The van der Waals surface area contributed by atoms with Gasteiger partial charge in [0.2, 0.25) is 0 Å². The summed E-state index contributed by atoms with van der Waals surface area (Å²) in [6.45, 7) is 0. The zero-order valence-corrected chi connectivity index (χ0v) is 4.94. The van der Waals surface area contributed by atoms with E-state index in [4.69, 9.17) is 10.2 Å². The normalized spacial score (nSPS) is 2.00. The second kappa shape index (κ2) is 76.0. The van der Waals surface area contributed by atoms with Crippen molar-refractivity contribution in [2.24, 2.45) is 0 Å². The summed E-state index contributed by atoms with van der Waals surface area (Å²) in [6.07, 6.45) is 0. The van der Waals surface area contributed by atoms with Crippen LogP contribution in [0, 0.1) is 0 Å². The standard InChI is InChI=1S/2CH3O.Mg.Na.H/c2*1-2;;;/h2*1H3;;;/q2*-1;+2;;. The van der Waals surface area contributed by atoms with Crippen molar-refractivity contribution < 1.29 is 10.2 Å². The molecule has 0 aromatic heterocycles. The molecule has 0 saturated heterocycles. The fourth-order valence-electron chi connectivity index (χ4n) is 0. The van der Waals surface area contributed by atoms with Gasteiger partial charge in [-0.2, -0.15) is 14.2 Å². The Kier molecular flexibility index (Phi) is 320. The van der Waals surface area contributed by atoms with Gasteiger partial charge in [0.25, 0.3) is 0 Å². The number of hydrogen-bond acceptors (Lipinski definition) is 2. The first-order chi connectivity index (χ1) is 2.00. The molecular formula is C2H7MgNaO2. The summed E-state index contributed by atoms with van der Waals surface area (Å²) < 4.78 is 0. The van der Waals surface area contributed by atoms with Gasteiger partial charge in [-0.15, -0.1) is 0 Å². The quantitative estimate of drug-likeness (QED) is 0.311. The molecule has 0 radical (unpaired) electrons. The molecule has 0 atom stereocenters. The fraction of sp³-hybridized carbons (Fsp3) is 1.00. The summed E-state index contributed by atoms with van der Waals surface area (Å²) in [6, 6.07) is 0. The van der Waals surface area contributed by atoms with Crippen molar-refractivity contribution in [1.29, 1.82) is 0 Å². The fourth-order valence-corrected chi connectivity index (χ4v) is 0. The van der Waals surface area contributed by atoms with E-state index in [1.807, 2.05) is 0 Å². The van der Waals surface area contributed by atoms with Gasteiger partial charge in [-0.05, 0) is 0 Å². The third kappa shape index (κ3) is 43.9. The zero-order valence-electron chi connectivity index (χ0n) is 3.52. The van der Waals surface area contributed by atoms with E-state index in [-0.39, 0.29) is 52.6 Å². The van der Waals surface area contributed by atoms with E-state index in [9.17, 15) is 0 Å². The molecule has 0 aromatic rings. The van der Waals surface area contributed by atoms with Gasteiger partial charge in [-0.1, -0.05) is 0 Å². The van der Waals surface area contributed by atoms with Crippen LogP contribution in [0.1, 0.15) is 0 Å². The van der Waals surface area contributed by atoms with Gasteiger partial charge in [0.05, 0.1) is 0 Å². The van der Waals surface area contributed by atoms with E-state index in [0.717, 1.165) is 14.2 Å². The molecule has 0 aliphatic carbocycles. The summed E-state index contributed by atoms with van der Waals surface area (Å²) >= 11 is 0. The van der Waals surface area contributed by atoms with Gasteiger partial charge in [0.15, 0.2) is 0 Å². The van der Waals surface area contributed by atoms with E-state index >= 15 is 0 Å². The molecule has 0 aromatic carbocycles. The predicted octanol–water partition coefficient (Wildman–Crippen LogP) is -3.08. The third-order valence-corrected chi connectivity index (χ3v) is 0. The van der Waals surface area contributed by atoms with Gasteiger partial charge in [-0.3, -0.25) is 0 Å². The molecule has 4 heteroatoms. The average molecular weight is 110 g/mol. The first kappa shape index (κ1) is 25.3. The Balaban J connectivity index is -0.00000000500. The minimum absolute atomic E-state index is 0. The second-order valence-corrected chi connectivity index (χ2v) is 0. The van der Waals surface area contributed by atoms with Crippen molar-refractivity contribution in [3.63, 3.8) is 0 Å². The summed E-state index contributed by atoms with van der Waals surface area (Å²) in [4.78, 5) is 0. The van der Waals surface area contributed by atoms with Crippen LogP contribution >= 0.6 is 0 Å². The van der Waals surface area contributed by atoms with Gasteiger partial charge < -0.3 is 10.2 Å². The minimum atomic E-state index is 0. The van der Waals surface area contributed by atoms with Crippen molar-refractivity contribution in [3.8, 4) is 0 Å². The average Bonchev–Trinajstić information content (AvgIpc) is 1.50. The molecular weight excluding hydrogens is 103 g/mol. The molecule has 2 nitrogen and oxygen atoms in total. The molecule has 0 aliphatic rings. The number of rotatable bonds is 0. The van der Waals surface area contributed by atoms with Crippen molar-refractivity contribution in [1.82, 2.24) is 0 Å². The summed E-state index contributed by atoms with van der Waals surface area (Å²) in [5, 5.41) is 16.5. The van der Waals surface area contributed by atoms with Crippen LogP contribution in [-0.2, 0) is 0 Å². The van der Waals surface area contributed by atoms with E-state index in [2.05, 4.69) is 0 Å². The van der Waals surface area contributed by atoms with Gasteiger partial charge in [-0.25, -0.2) is 0 Å². The van der Waals surface area contributed by atoms with Crippen molar-refractivity contribution >= 4 is 52.6 Å². The molecule has 0 heterocycles. The van der Waals surface area contributed by atoms with Crippen LogP contribution in [0.25, 0.3) is 0 Å². The Labute approximate surface area is 76.4 Å². The van der Waals surface area contributed by atoms with Crippen molar-refractivity contribution in [3.05, 3.63) is 0 Å². The zero-order chi connectivity index (χ0) is 4.00. The van der Waals surface area contributed by atoms with E-state index in [1.165, 1.54) is 0 Å². The van der Waals surface area contributed by atoms with Crippen LogP contribution in [0.15, 0.2) is 0 Å². The molecule has 0 N–H and O–H groups in total. The Hall–Kier alpha value is 1.69. The maximum atomic E-state index is 8.25. The molecule has 6 heavy (non-hydrogen) atoms. The monoisotopic (exact) mass is 110 g/mol. The number of hydrogen-bond donors (Lipinski definition) is 0. The van der Waals surface area contributed by atoms with Crippen LogP contribution < -0.4 is 10.2 Å². The van der Waals surface area contributed by atoms with Crippen LogP contribution in [-0.4, -0.2) is 66.8 Å². The molecule has 0 aliphatic heterocycles. The maximum absolute atomic E-state index is 8.25. The molecule has 0 spiro atoms. The SMILES string of the molecule is C[O-].C[O-].[Mg+2].[NaH].